The number of halogens is 1. The van der Waals surface area contributed by atoms with Crippen molar-refractivity contribution in [1.29, 1.82) is 0 Å². The lowest BCUT2D eigenvalue weighted by molar-refractivity contribution is 0.0468. The molecule has 5 nitrogen and oxygen atoms in total. The van der Waals surface area contributed by atoms with Crippen molar-refractivity contribution in [3.63, 3.8) is 0 Å². The van der Waals surface area contributed by atoms with E-state index in [2.05, 4.69) is 10.1 Å². The predicted molar refractivity (Wildman–Crippen MR) is 90.6 cm³/mol. The Hall–Kier alpha value is -2.67. The van der Waals surface area contributed by atoms with Crippen molar-refractivity contribution in [3.05, 3.63) is 77.2 Å². The summed E-state index contributed by atoms with van der Waals surface area (Å²) in [6.45, 7) is 1.76. The second-order valence-corrected chi connectivity index (χ2v) is 6.24. The van der Waals surface area contributed by atoms with Crippen LogP contribution in [0.3, 0.4) is 0 Å². The summed E-state index contributed by atoms with van der Waals surface area (Å²) in [6, 6.07) is 13.1. The van der Waals surface area contributed by atoms with E-state index in [1.54, 1.807) is 31.2 Å². The molecule has 3 aromatic rings. The monoisotopic (exact) mass is 358 g/mol. The highest BCUT2D eigenvalue weighted by Crippen LogP contribution is 2.26. The van der Waals surface area contributed by atoms with Gasteiger partial charge in [0.15, 0.2) is 5.82 Å². The van der Waals surface area contributed by atoms with Crippen LogP contribution in [0.2, 0.25) is 0 Å². The van der Waals surface area contributed by atoms with Crippen LogP contribution in [0.25, 0.3) is 0 Å². The zero-order valence-electron chi connectivity index (χ0n) is 13.4. The van der Waals surface area contributed by atoms with Crippen LogP contribution >= 0.6 is 11.8 Å². The maximum absolute atomic E-state index is 13.2. The quantitative estimate of drug-likeness (QED) is 0.487. The molecule has 0 saturated carbocycles. The third kappa shape index (κ3) is 4.67. The Morgan fingerprint density at radius 2 is 2.08 bits per heavy atom. The number of ether oxygens (including phenoxy) is 1. The molecule has 1 heterocycles. The highest BCUT2D eigenvalue weighted by Gasteiger charge is 2.14. The van der Waals surface area contributed by atoms with Crippen molar-refractivity contribution >= 4 is 17.7 Å². The molecule has 0 spiro atoms. The lowest BCUT2D eigenvalue weighted by Crippen LogP contribution is -2.06. The number of carbonyl (C=O) groups excluding carboxylic acids is 1. The molecule has 2 aromatic carbocycles. The highest BCUT2D eigenvalue weighted by atomic mass is 32.2. The summed E-state index contributed by atoms with van der Waals surface area (Å²) >= 11 is 1.41. The van der Waals surface area contributed by atoms with Crippen LogP contribution in [-0.2, 0) is 17.1 Å². The van der Waals surface area contributed by atoms with E-state index in [1.165, 1.54) is 23.9 Å². The van der Waals surface area contributed by atoms with Gasteiger partial charge in [0.25, 0.3) is 0 Å². The van der Waals surface area contributed by atoms with Crippen molar-refractivity contribution in [2.24, 2.45) is 0 Å². The van der Waals surface area contributed by atoms with Gasteiger partial charge in [0.2, 0.25) is 5.89 Å². The van der Waals surface area contributed by atoms with E-state index in [0.717, 1.165) is 4.90 Å². The van der Waals surface area contributed by atoms with Gasteiger partial charge in [0.05, 0.1) is 11.3 Å². The molecule has 7 heteroatoms. The zero-order valence-corrected chi connectivity index (χ0v) is 14.3. The first-order valence-electron chi connectivity index (χ1n) is 7.54. The number of rotatable bonds is 6. The molecular weight excluding hydrogens is 343 g/mol. The minimum absolute atomic E-state index is 0.0123. The molecule has 0 bridgehead atoms. The molecule has 0 aliphatic carbocycles. The van der Waals surface area contributed by atoms with Gasteiger partial charge in [-0.05, 0) is 36.8 Å². The summed E-state index contributed by atoms with van der Waals surface area (Å²) in [5.74, 6) is 0.687. The third-order valence-electron chi connectivity index (χ3n) is 3.29. The maximum atomic E-state index is 13.2. The average molecular weight is 358 g/mol. The van der Waals surface area contributed by atoms with Gasteiger partial charge < -0.3 is 9.26 Å². The van der Waals surface area contributed by atoms with E-state index in [1.807, 2.05) is 12.1 Å². The number of carbonyl (C=O) groups is 1. The Morgan fingerprint density at radius 1 is 1.24 bits per heavy atom. The summed E-state index contributed by atoms with van der Waals surface area (Å²) in [5, 5.41) is 3.73. The van der Waals surface area contributed by atoms with E-state index in [-0.39, 0.29) is 12.4 Å². The number of thioether (sulfide) groups is 1. The second-order valence-electron chi connectivity index (χ2n) is 5.23. The Morgan fingerprint density at radius 3 is 2.84 bits per heavy atom. The van der Waals surface area contributed by atoms with Crippen molar-refractivity contribution in [2.75, 3.05) is 0 Å². The number of hydrogen-bond acceptors (Lipinski definition) is 6. The maximum Gasteiger partial charge on any atom is 0.339 e. The van der Waals surface area contributed by atoms with Crippen LogP contribution in [0, 0.1) is 12.7 Å². The molecule has 0 atom stereocenters. The molecule has 0 N–H and O–H groups in total. The van der Waals surface area contributed by atoms with E-state index in [9.17, 15) is 9.18 Å². The fourth-order valence-corrected chi connectivity index (χ4v) is 3.03. The Balaban J connectivity index is 1.65. The Labute approximate surface area is 148 Å². The van der Waals surface area contributed by atoms with Crippen LogP contribution in [-0.4, -0.2) is 16.1 Å². The largest absolute Gasteiger partial charge is 0.457 e. The van der Waals surface area contributed by atoms with Crippen LogP contribution in [0.4, 0.5) is 4.39 Å². The first-order valence-corrected chi connectivity index (χ1v) is 8.53. The van der Waals surface area contributed by atoms with Gasteiger partial charge in [-0.15, -0.1) is 11.8 Å². The average Bonchev–Trinajstić information content (AvgIpc) is 3.03. The van der Waals surface area contributed by atoms with Crippen LogP contribution < -0.4 is 0 Å². The fraction of sp³-hybridized carbons (Fsp3) is 0.167. The zero-order chi connectivity index (χ0) is 17.6. The van der Waals surface area contributed by atoms with Crippen LogP contribution in [0.15, 0.2) is 57.9 Å². The number of aryl methyl sites for hydroxylation is 1. The molecule has 0 fully saturated rings. The minimum Gasteiger partial charge on any atom is -0.457 e. The Kier molecular flexibility index (Phi) is 5.45. The molecule has 0 unspecified atom stereocenters. The highest BCUT2D eigenvalue weighted by molar-refractivity contribution is 7.98. The van der Waals surface area contributed by atoms with E-state index in [0.29, 0.717) is 28.6 Å². The molecule has 0 amide bonds. The summed E-state index contributed by atoms with van der Waals surface area (Å²) in [5.41, 5.74) is 1.04. The normalized spacial score (nSPS) is 10.6. The Bertz CT molecular complexity index is 882. The first kappa shape index (κ1) is 17.2. The van der Waals surface area contributed by atoms with Crippen LogP contribution in [0.1, 0.15) is 27.6 Å². The van der Waals surface area contributed by atoms with Crippen LogP contribution in [0.5, 0.6) is 0 Å². The minimum atomic E-state index is -0.464. The van der Waals surface area contributed by atoms with E-state index < -0.39 is 5.97 Å². The van der Waals surface area contributed by atoms with Gasteiger partial charge >= 0.3 is 5.97 Å². The number of hydrogen-bond donors (Lipinski definition) is 0. The molecule has 0 radical (unpaired) electrons. The molecule has 3 rings (SSSR count). The van der Waals surface area contributed by atoms with Gasteiger partial charge in [0, 0.05) is 4.90 Å². The third-order valence-corrected chi connectivity index (χ3v) is 4.35. The SMILES string of the molecule is Cc1noc(CSc2ccccc2C(=O)OCc2cccc(F)c2)n1. The van der Waals surface area contributed by atoms with E-state index in [4.69, 9.17) is 9.26 Å². The molecule has 0 aliphatic rings. The smallest absolute Gasteiger partial charge is 0.339 e. The van der Waals surface area contributed by atoms with Crippen molar-refractivity contribution in [1.82, 2.24) is 10.1 Å². The van der Waals surface area contributed by atoms with Gasteiger partial charge in [0.1, 0.15) is 12.4 Å². The van der Waals surface area contributed by atoms with Crippen molar-refractivity contribution in [2.45, 2.75) is 24.2 Å². The molecule has 1 aromatic heterocycles. The fourth-order valence-electron chi connectivity index (χ4n) is 2.15. The van der Waals surface area contributed by atoms with E-state index >= 15 is 0 Å². The summed E-state index contributed by atoms with van der Waals surface area (Å²) in [4.78, 5) is 17.2. The first-order chi connectivity index (χ1) is 12.1. The summed E-state index contributed by atoms with van der Waals surface area (Å²) in [7, 11) is 0. The van der Waals surface area contributed by atoms with Crippen molar-refractivity contribution < 1.29 is 18.4 Å². The second kappa shape index (κ2) is 7.94. The molecular formula is C18H15FN2O3S. The molecule has 25 heavy (non-hydrogen) atoms. The number of esters is 1. The predicted octanol–water partition coefficient (Wildman–Crippen LogP) is 4.17. The van der Waals surface area contributed by atoms with Gasteiger partial charge in [-0.1, -0.05) is 29.4 Å². The standard InChI is InChI=1S/C18H15FN2O3S/c1-12-20-17(24-21-12)11-25-16-8-3-2-7-15(16)18(22)23-10-13-5-4-6-14(19)9-13/h2-9H,10-11H2,1H3. The topological polar surface area (TPSA) is 65.2 Å². The lowest BCUT2D eigenvalue weighted by Gasteiger charge is -2.09. The van der Waals surface area contributed by atoms with Gasteiger partial charge in [-0.25, -0.2) is 9.18 Å². The molecule has 0 saturated heterocycles. The molecule has 128 valence electrons. The number of nitrogens with zero attached hydrogens (tertiary/aromatic N) is 2. The molecule has 0 aliphatic heterocycles. The number of aromatic nitrogens is 2. The summed E-state index contributed by atoms with van der Waals surface area (Å²) in [6.07, 6.45) is 0. The lowest BCUT2D eigenvalue weighted by atomic mass is 10.2. The van der Waals surface area contributed by atoms with Gasteiger partial charge in [-0.3, -0.25) is 0 Å². The summed E-state index contributed by atoms with van der Waals surface area (Å²) < 4.78 is 23.5. The number of benzene rings is 2. The van der Waals surface area contributed by atoms with Crippen molar-refractivity contribution in [3.8, 4) is 0 Å². The van der Waals surface area contributed by atoms with Gasteiger partial charge in [-0.2, -0.15) is 4.98 Å².